The van der Waals surface area contributed by atoms with Crippen LogP contribution in [0.5, 0.6) is 0 Å². The highest BCUT2D eigenvalue weighted by molar-refractivity contribution is 7.90. The fraction of sp³-hybridized carbons (Fsp3) is 0.350. The van der Waals surface area contributed by atoms with E-state index >= 15 is 0 Å². The molecule has 1 saturated heterocycles. The summed E-state index contributed by atoms with van der Waals surface area (Å²) in [5.41, 5.74) is 0.833. The Bertz CT molecular complexity index is 899. The van der Waals surface area contributed by atoms with Crippen LogP contribution in [0.3, 0.4) is 0 Å². The molecule has 2 N–H and O–H groups in total. The van der Waals surface area contributed by atoms with E-state index in [-0.39, 0.29) is 34.9 Å². The predicted octanol–water partition coefficient (Wildman–Crippen LogP) is 1.46. The normalized spacial score (nSPS) is 20.5. The largest absolute Gasteiger partial charge is 0.395 e. The van der Waals surface area contributed by atoms with E-state index in [1.807, 2.05) is 18.0 Å². The molecule has 2 aromatic carbocycles. The van der Waals surface area contributed by atoms with Gasteiger partial charge in [-0.05, 0) is 31.2 Å². The maximum Gasteiger partial charge on any atom is 0.252 e. The van der Waals surface area contributed by atoms with Crippen LogP contribution in [-0.4, -0.2) is 56.6 Å². The second-order valence-corrected chi connectivity index (χ2v) is 8.88. The van der Waals surface area contributed by atoms with E-state index in [1.54, 1.807) is 36.4 Å². The first-order chi connectivity index (χ1) is 12.9. The Morgan fingerprint density at radius 3 is 2.48 bits per heavy atom. The molecule has 1 fully saturated rings. The number of sulfone groups is 1. The molecule has 6 nitrogen and oxygen atoms in total. The average Bonchev–Trinajstić information content (AvgIpc) is 3.01. The van der Waals surface area contributed by atoms with Gasteiger partial charge in [-0.3, -0.25) is 9.69 Å². The van der Waals surface area contributed by atoms with Crippen LogP contribution in [0.15, 0.2) is 59.5 Å². The Morgan fingerprint density at radius 1 is 1.15 bits per heavy atom. The monoisotopic (exact) mass is 388 g/mol. The van der Waals surface area contributed by atoms with Crippen molar-refractivity contribution in [2.75, 3.05) is 20.2 Å². The number of carbonyl (C=O) groups excluding carboxylic acids is 1. The van der Waals surface area contributed by atoms with Gasteiger partial charge in [0.2, 0.25) is 0 Å². The summed E-state index contributed by atoms with van der Waals surface area (Å²) < 4.78 is 25.8. The van der Waals surface area contributed by atoms with E-state index in [1.165, 1.54) is 12.1 Å². The highest BCUT2D eigenvalue weighted by Crippen LogP contribution is 2.22. The lowest BCUT2D eigenvalue weighted by Crippen LogP contribution is -2.37. The third kappa shape index (κ3) is 4.55. The summed E-state index contributed by atoms with van der Waals surface area (Å²) >= 11 is 0. The molecular weight excluding hydrogens is 364 g/mol. The Balaban J connectivity index is 1.80. The number of likely N-dealkylation sites (N-methyl/N-ethyl adjacent to an activating group) is 1. The SMILES string of the molecule is CN1C[C@H](NC(=O)c2ccccc2S(=O)(=O)Cc2ccccc2)C[C@H]1CO. The molecular formula is C20H24N2O4S. The second-order valence-electron chi connectivity index (χ2n) is 6.92. The molecule has 2 atom stereocenters. The molecule has 1 heterocycles. The summed E-state index contributed by atoms with van der Waals surface area (Å²) in [6.45, 7) is 0.654. The topological polar surface area (TPSA) is 86.7 Å². The van der Waals surface area contributed by atoms with E-state index in [0.29, 0.717) is 18.5 Å². The van der Waals surface area contributed by atoms with Crippen LogP contribution in [0, 0.1) is 0 Å². The first-order valence-corrected chi connectivity index (χ1v) is 10.5. The van der Waals surface area contributed by atoms with Crippen molar-refractivity contribution >= 4 is 15.7 Å². The van der Waals surface area contributed by atoms with Gasteiger partial charge in [-0.1, -0.05) is 42.5 Å². The lowest BCUT2D eigenvalue weighted by molar-refractivity contribution is 0.0935. The van der Waals surface area contributed by atoms with Crippen molar-refractivity contribution in [1.82, 2.24) is 10.2 Å². The van der Waals surface area contributed by atoms with Gasteiger partial charge >= 0.3 is 0 Å². The fourth-order valence-corrected chi connectivity index (χ4v) is 5.03. The number of amides is 1. The van der Waals surface area contributed by atoms with E-state index < -0.39 is 15.7 Å². The van der Waals surface area contributed by atoms with Crippen molar-refractivity contribution in [3.05, 3.63) is 65.7 Å². The van der Waals surface area contributed by atoms with Crippen LogP contribution in [0.4, 0.5) is 0 Å². The third-order valence-electron chi connectivity index (χ3n) is 4.90. The van der Waals surface area contributed by atoms with Gasteiger partial charge in [0.25, 0.3) is 5.91 Å². The van der Waals surface area contributed by atoms with E-state index in [4.69, 9.17) is 0 Å². The Hall–Kier alpha value is -2.22. The minimum absolute atomic E-state index is 0.00681. The zero-order valence-corrected chi connectivity index (χ0v) is 16.0. The van der Waals surface area contributed by atoms with Crippen molar-refractivity contribution in [2.45, 2.75) is 29.2 Å². The van der Waals surface area contributed by atoms with Gasteiger partial charge in [-0.25, -0.2) is 8.42 Å². The van der Waals surface area contributed by atoms with Gasteiger partial charge in [0.05, 0.1) is 22.8 Å². The smallest absolute Gasteiger partial charge is 0.252 e. The predicted molar refractivity (Wildman–Crippen MR) is 103 cm³/mol. The molecule has 7 heteroatoms. The zero-order valence-electron chi connectivity index (χ0n) is 15.2. The number of carbonyl (C=O) groups is 1. The lowest BCUT2D eigenvalue weighted by Gasteiger charge is -2.15. The van der Waals surface area contributed by atoms with Crippen LogP contribution in [0.2, 0.25) is 0 Å². The van der Waals surface area contributed by atoms with Crippen LogP contribution < -0.4 is 5.32 Å². The molecule has 0 radical (unpaired) electrons. The summed E-state index contributed by atoms with van der Waals surface area (Å²) in [5, 5.41) is 12.3. The van der Waals surface area contributed by atoms with Crippen LogP contribution in [-0.2, 0) is 15.6 Å². The van der Waals surface area contributed by atoms with Gasteiger partial charge < -0.3 is 10.4 Å². The maximum atomic E-state index is 12.9. The van der Waals surface area contributed by atoms with Crippen molar-refractivity contribution in [1.29, 1.82) is 0 Å². The molecule has 1 aliphatic heterocycles. The molecule has 0 spiro atoms. The second kappa shape index (κ2) is 8.21. The van der Waals surface area contributed by atoms with Crippen LogP contribution in [0.1, 0.15) is 22.3 Å². The van der Waals surface area contributed by atoms with E-state index in [2.05, 4.69) is 5.32 Å². The van der Waals surface area contributed by atoms with Gasteiger partial charge in [0, 0.05) is 18.6 Å². The third-order valence-corrected chi connectivity index (χ3v) is 6.64. The molecule has 27 heavy (non-hydrogen) atoms. The van der Waals surface area contributed by atoms with E-state index in [0.717, 1.165) is 0 Å². The van der Waals surface area contributed by atoms with Gasteiger partial charge in [0.1, 0.15) is 0 Å². The Labute approximate surface area is 159 Å². The summed E-state index contributed by atoms with van der Waals surface area (Å²) in [4.78, 5) is 14.8. The molecule has 0 unspecified atom stereocenters. The summed E-state index contributed by atoms with van der Waals surface area (Å²) in [7, 11) is -1.77. The Morgan fingerprint density at radius 2 is 1.81 bits per heavy atom. The quantitative estimate of drug-likeness (QED) is 0.782. The van der Waals surface area contributed by atoms with Crippen molar-refractivity contribution in [2.24, 2.45) is 0 Å². The number of aliphatic hydroxyl groups is 1. The summed E-state index contributed by atoms with van der Waals surface area (Å²) in [6.07, 6.45) is 0.637. The number of nitrogens with zero attached hydrogens (tertiary/aromatic N) is 1. The summed E-state index contributed by atoms with van der Waals surface area (Å²) in [5.74, 6) is -0.559. The maximum absolute atomic E-state index is 12.9. The number of likely N-dealkylation sites (tertiary alicyclic amines) is 1. The first kappa shape index (κ1) is 19.5. The van der Waals surface area contributed by atoms with Gasteiger partial charge in [0.15, 0.2) is 9.84 Å². The number of hydrogen-bond donors (Lipinski definition) is 2. The molecule has 144 valence electrons. The van der Waals surface area contributed by atoms with Gasteiger partial charge in [-0.15, -0.1) is 0 Å². The molecule has 1 aliphatic rings. The molecule has 0 bridgehead atoms. The van der Waals surface area contributed by atoms with Gasteiger partial charge in [-0.2, -0.15) is 0 Å². The average molecular weight is 388 g/mol. The number of benzene rings is 2. The molecule has 3 rings (SSSR count). The Kier molecular flexibility index (Phi) is 5.94. The molecule has 0 saturated carbocycles. The van der Waals surface area contributed by atoms with E-state index in [9.17, 15) is 18.3 Å². The lowest BCUT2D eigenvalue weighted by atomic mass is 10.1. The van der Waals surface area contributed by atoms with Crippen molar-refractivity contribution in [3.8, 4) is 0 Å². The highest BCUT2D eigenvalue weighted by Gasteiger charge is 2.31. The first-order valence-electron chi connectivity index (χ1n) is 8.88. The zero-order chi connectivity index (χ0) is 19.4. The number of hydrogen-bond acceptors (Lipinski definition) is 5. The summed E-state index contributed by atoms with van der Waals surface area (Å²) in [6, 6.07) is 15.1. The molecule has 0 aromatic heterocycles. The molecule has 0 aliphatic carbocycles. The number of nitrogens with one attached hydrogen (secondary N) is 1. The van der Waals surface area contributed by atoms with Crippen LogP contribution in [0.25, 0.3) is 0 Å². The molecule has 1 amide bonds. The van der Waals surface area contributed by atoms with Crippen LogP contribution >= 0.6 is 0 Å². The minimum Gasteiger partial charge on any atom is -0.395 e. The van der Waals surface area contributed by atoms with Crippen molar-refractivity contribution < 1.29 is 18.3 Å². The minimum atomic E-state index is -3.66. The highest BCUT2D eigenvalue weighted by atomic mass is 32.2. The van der Waals surface area contributed by atoms with Crippen molar-refractivity contribution in [3.63, 3.8) is 0 Å². The number of aliphatic hydroxyl groups excluding tert-OH is 1. The standard InChI is InChI=1S/C20H24N2O4S/c1-22-12-16(11-17(22)13-23)21-20(24)18-9-5-6-10-19(18)27(25,26)14-15-7-3-2-4-8-15/h2-10,16-17,23H,11-14H2,1H3,(H,21,24)/t16-,17+/m1/s1. The molecule has 2 aromatic rings. The number of rotatable bonds is 6. The fourth-order valence-electron chi connectivity index (χ4n) is 3.46.